The summed E-state index contributed by atoms with van der Waals surface area (Å²) < 4.78 is 10.7. The predicted molar refractivity (Wildman–Crippen MR) is 132 cm³/mol. The fraction of sp³-hybridized carbons (Fsp3) is 1.00. The zero-order valence-corrected chi connectivity index (χ0v) is 26.5. The van der Waals surface area contributed by atoms with Gasteiger partial charge in [-0.2, -0.15) is 0 Å². The van der Waals surface area contributed by atoms with E-state index < -0.39 is 0 Å². The molecule has 0 aromatic rings. The van der Waals surface area contributed by atoms with Crippen molar-refractivity contribution in [1.82, 2.24) is 12.6 Å². The van der Waals surface area contributed by atoms with Crippen molar-refractivity contribution >= 4 is 67.7 Å². The summed E-state index contributed by atoms with van der Waals surface area (Å²) in [6, 6.07) is 0. The molecule has 2 aliphatic rings. The maximum absolute atomic E-state index is 2.67. The quantitative estimate of drug-likeness (QED) is 0.357. The van der Waals surface area contributed by atoms with Crippen LogP contribution in [0.5, 0.6) is 0 Å². The van der Waals surface area contributed by atoms with E-state index in [1.165, 1.54) is 26.2 Å². The molecule has 0 saturated carbocycles. The number of hydrogen-bond acceptors (Lipinski definition) is 4. The smallest absolute Gasteiger partial charge is 0.147 e. The molecule has 28 heavy (non-hydrogen) atoms. The Kier molecular flexibility index (Phi) is 13.5. The second kappa shape index (κ2) is 11.7. The average Bonchev–Trinajstić information content (AvgIpc) is 3.06. The van der Waals surface area contributed by atoms with Crippen LogP contribution in [0.4, 0.5) is 0 Å². The van der Waals surface area contributed by atoms with Gasteiger partial charge in [-0.3, -0.25) is 0 Å². The van der Waals surface area contributed by atoms with Gasteiger partial charge in [0, 0.05) is 0 Å². The third kappa shape index (κ3) is 10.5. The summed E-state index contributed by atoms with van der Waals surface area (Å²) in [5.74, 6) is 0. The maximum atomic E-state index is 2.67. The molecule has 0 aromatic heterocycles. The molecule has 0 aromatic carbocycles. The van der Waals surface area contributed by atoms with Gasteiger partial charge in [0.2, 0.25) is 0 Å². The summed E-state index contributed by atoms with van der Waals surface area (Å²) >= 11 is -0.176. The fourth-order valence-electron chi connectivity index (χ4n) is 2.60. The Morgan fingerprint density at radius 3 is 0.607 bits per heavy atom. The van der Waals surface area contributed by atoms with Crippen molar-refractivity contribution in [3.05, 3.63) is 0 Å². The van der Waals surface area contributed by atoms with Crippen LogP contribution in [0.3, 0.4) is 0 Å². The molecule has 0 amide bonds. The summed E-state index contributed by atoms with van der Waals surface area (Å²) in [4.78, 5) is 0. The summed E-state index contributed by atoms with van der Waals surface area (Å²) in [6.45, 7) is 32.9. The van der Waals surface area contributed by atoms with Crippen LogP contribution in [0.15, 0.2) is 0 Å². The van der Waals surface area contributed by atoms with Crippen molar-refractivity contribution < 1.29 is 0 Å². The SMILES string of the molecule is CC(C)(C)N1CCN(C(C)(C)C)[Te]1.CC(C)(C)N1CCN(C(C)(C)C)[Te]1.Cl.Cl. The zero-order chi connectivity index (χ0) is 20.6. The largest absolute Gasteiger partial charge is 0.147 e. The Morgan fingerprint density at radius 1 is 0.393 bits per heavy atom. The normalized spacial score (nSPS) is 21.0. The molecule has 2 rings (SSSR count). The molecule has 8 heteroatoms. The van der Waals surface area contributed by atoms with Crippen LogP contribution in [-0.2, 0) is 0 Å². The Balaban J connectivity index is 0. The molecule has 0 N–H and O–H groups in total. The maximum Gasteiger partial charge on any atom is -0.147 e. The van der Waals surface area contributed by atoms with Crippen molar-refractivity contribution in [2.24, 2.45) is 0 Å². The van der Waals surface area contributed by atoms with E-state index in [9.17, 15) is 0 Å². The average molecular weight is 669 g/mol. The fourth-order valence-corrected chi connectivity index (χ4v) is 8.62. The molecular formula is C20H46Cl2N4Te2. The Labute approximate surface area is 210 Å². The molecule has 0 spiro atoms. The molecule has 2 heterocycles. The van der Waals surface area contributed by atoms with Crippen molar-refractivity contribution in [3.8, 4) is 0 Å². The van der Waals surface area contributed by atoms with Gasteiger partial charge in [0.25, 0.3) is 0 Å². The number of rotatable bonds is 0. The Morgan fingerprint density at radius 2 is 0.536 bits per heavy atom. The molecule has 2 fully saturated rings. The second-order valence-electron chi connectivity index (χ2n) is 11.3. The van der Waals surface area contributed by atoms with Gasteiger partial charge in [0.1, 0.15) is 0 Å². The molecule has 0 radical (unpaired) electrons. The molecular weight excluding hydrogens is 622 g/mol. The first-order valence-corrected chi connectivity index (χ1v) is 14.1. The minimum atomic E-state index is -0.0881. The van der Waals surface area contributed by atoms with Gasteiger partial charge in [-0.05, 0) is 0 Å². The summed E-state index contributed by atoms with van der Waals surface area (Å²) in [5.41, 5.74) is 1.51. The monoisotopic (exact) mass is 672 g/mol. The minimum Gasteiger partial charge on any atom is -0.147 e. The van der Waals surface area contributed by atoms with E-state index in [1.54, 1.807) is 0 Å². The second-order valence-corrected chi connectivity index (χ2v) is 17.2. The van der Waals surface area contributed by atoms with E-state index in [4.69, 9.17) is 0 Å². The summed E-state index contributed by atoms with van der Waals surface area (Å²) in [6.07, 6.45) is 0. The van der Waals surface area contributed by atoms with Gasteiger partial charge in [0.05, 0.1) is 0 Å². The number of hydrogen-bond donors (Lipinski definition) is 0. The topological polar surface area (TPSA) is 13.0 Å². The third-order valence-corrected chi connectivity index (χ3v) is 15.0. The molecule has 0 atom stereocenters. The van der Waals surface area contributed by atoms with Gasteiger partial charge in [-0.1, -0.05) is 0 Å². The van der Waals surface area contributed by atoms with Crippen molar-refractivity contribution in [2.75, 3.05) is 26.2 Å². The first-order chi connectivity index (χ1) is 11.4. The van der Waals surface area contributed by atoms with Gasteiger partial charge < -0.3 is 0 Å². The Bertz CT molecular complexity index is 369. The van der Waals surface area contributed by atoms with Crippen LogP contribution in [0, 0.1) is 0 Å². The zero-order valence-electron chi connectivity index (χ0n) is 20.3. The van der Waals surface area contributed by atoms with Crippen LogP contribution in [0.1, 0.15) is 83.1 Å². The first-order valence-electron chi connectivity index (χ1n) is 9.89. The van der Waals surface area contributed by atoms with E-state index >= 15 is 0 Å². The molecule has 0 bridgehead atoms. The van der Waals surface area contributed by atoms with Crippen LogP contribution >= 0.6 is 24.8 Å². The molecule has 172 valence electrons. The van der Waals surface area contributed by atoms with Crippen LogP contribution in [-0.4, -0.2) is 104 Å². The predicted octanol–water partition coefficient (Wildman–Crippen LogP) is 4.31. The first kappa shape index (κ1) is 32.2. The Hall–Kier alpha value is 2.00. The summed E-state index contributed by atoms with van der Waals surface area (Å²) in [5, 5.41) is 0. The molecule has 2 aliphatic heterocycles. The van der Waals surface area contributed by atoms with Crippen molar-refractivity contribution in [1.29, 1.82) is 0 Å². The van der Waals surface area contributed by atoms with Crippen LogP contribution < -0.4 is 0 Å². The van der Waals surface area contributed by atoms with E-state index in [1.807, 2.05) is 0 Å². The van der Waals surface area contributed by atoms with E-state index in [2.05, 4.69) is 95.7 Å². The number of halogens is 2. The molecule has 0 aliphatic carbocycles. The van der Waals surface area contributed by atoms with E-state index in [0.717, 1.165) is 0 Å². The molecule has 4 nitrogen and oxygen atoms in total. The van der Waals surface area contributed by atoms with E-state index in [0.29, 0.717) is 22.2 Å². The van der Waals surface area contributed by atoms with Crippen molar-refractivity contribution in [3.63, 3.8) is 0 Å². The van der Waals surface area contributed by atoms with E-state index in [-0.39, 0.29) is 67.7 Å². The van der Waals surface area contributed by atoms with Gasteiger partial charge >= 0.3 is 187 Å². The minimum absolute atomic E-state index is 0. The number of nitrogens with zero attached hydrogens (tertiary/aromatic N) is 4. The van der Waals surface area contributed by atoms with Gasteiger partial charge in [0.15, 0.2) is 0 Å². The van der Waals surface area contributed by atoms with Gasteiger partial charge in [-0.15, -0.1) is 24.8 Å². The van der Waals surface area contributed by atoms with Crippen LogP contribution in [0.25, 0.3) is 0 Å². The molecule has 2 saturated heterocycles. The van der Waals surface area contributed by atoms with Gasteiger partial charge in [-0.25, -0.2) is 0 Å². The van der Waals surface area contributed by atoms with Crippen LogP contribution in [0.2, 0.25) is 0 Å². The molecule has 0 unspecified atom stereocenters. The summed E-state index contributed by atoms with van der Waals surface area (Å²) in [7, 11) is 0. The standard InChI is InChI=1S/2C10H22N2Te.2ClH/c2*1-9(2,3)11-7-8-12(13-11)10(4,5)6;;/h2*7-8H2,1-6H3;2*1H. The third-order valence-electron chi connectivity index (χ3n) is 4.40. The van der Waals surface area contributed by atoms with Crippen molar-refractivity contribution in [2.45, 2.75) is 105 Å².